The molecule has 1 heterocycles. The normalized spacial score (nSPS) is 25.5. The van der Waals surface area contributed by atoms with E-state index in [2.05, 4.69) is 5.32 Å². The smallest absolute Gasteiger partial charge is 0.226 e. The lowest BCUT2D eigenvalue weighted by atomic mass is 9.95. The molecule has 6 heteroatoms. The minimum atomic E-state index is -0.238. The summed E-state index contributed by atoms with van der Waals surface area (Å²) in [4.78, 5) is 40.6. The summed E-state index contributed by atoms with van der Waals surface area (Å²) in [6, 6.07) is -0.00523. The van der Waals surface area contributed by atoms with Gasteiger partial charge in [0.1, 0.15) is 0 Å². The zero-order chi connectivity index (χ0) is 17.7. The molecule has 1 saturated heterocycles. The Kier molecular flexibility index (Phi) is 6.63. The van der Waals surface area contributed by atoms with Crippen molar-refractivity contribution in [1.29, 1.82) is 0 Å². The molecule has 1 N–H and O–H groups in total. The van der Waals surface area contributed by atoms with E-state index in [-0.39, 0.29) is 42.0 Å². The molecule has 136 valence electrons. The van der Waals surface area contributed by atoms with E-state index in [1.165, 1.54) is 0 Å². The van der Waals surface area contributed by atoms with E-state index >= 15 is 0 Å². The number of hydrogen-bond donors (Lipinski definition) is 1. The van der Waals surface area contributed by atoms with Crippen LogP contribution in [0.4, 0.5) is 0 Å². The van der Waals surface area contributed by atoms with Gasteiger partial charge in [0, 0.05) is 51.0 Å². The van der Waals surface area contributed by atoms with Crippen LogP contribution in [0.3, 0.4) is 0 Å². The second kappa shape index (κ2) is 8.49. The molecule has 2 fully saturated rings. The lowest BCUT2D eigenvalue weighted by Gasteiger charge is -2.26. The Balaban J connectivity index is 1.99. The molecule has 2 rings (SSSR count). The van der Waals surface area contributed by atoms with Gasteiger partial charge in [-0.2, -0.15) is 0 Å². The van der Waals surface area contributed by atoms with Crippen molar-refractivity contribution in [2.45, 2.75) is 58.4 Å². The zero-order valence-corrected chi connectivity index (χ0v) is 15.2. The summed E-state index contributed by atoms with van der Waals surface area (Å²) < 4.78 is 0. The number of carbonyl (C=O) groups is 3. The van der Waals surface area contributed by atoms with Crippen LogP contribution in [0.25, 0.3) is 0 Å². The predicted molar refractivity (Wildman–Crippen MR) is 92.2 cm³/mol. The fourth-order valence-electron chi connectivity index (χ4n) is 3.39. The van der Waals surface area contributed by atoms with Gasteiger partial charge in [-0.25, -0.2) is 0 Å². The van der Waals surface area contributed by atoms with Gasteiger partial charge in [0.2, 0.25) is 17.7 Å². The summed E-state index contributed by atoms with van der Waals surface area (Å²) in [5, 5.41) is 3.09. The Morgan fingerprint density at radius 1 is 1.12 bits per heavy atom. The van der Waals surface area contributed by atoms with Crippen LogP contribution in [0.5, 0.6) is 0 Å². The van der Waals surface area contributed by atoms with E-state index in [0.29, 0.717) is 26.1 Å². The van der Waals surface area contributed by atoms with Crippen LogP contribution in [0.2, 0.25) is 0 Å². The topological polar surface area (TPSA) is 69.7 Å². The van der Waals surface area contributed by atoms with Crippen molar-refractivity contribution in [2.75, 3.05) is 26.7 Å². The van der Waals surface area contributed by atoms with Crippen LogP contribution in [0, 0.1) is 11.8 Å². The SMILES string of the molecule is CCN(CC)C(=O)[C@@H]1CCC[C@@H](NC(=O)C2CC2)CN(C)C(=O)C1. The van der Waals surface area contributed by atoms with Gasteiger partial charge in [-0.05, 0) is 39.5 Å². The van der Waals surface area contributed by atoms with Crippen LogP contribution in [-0.4, -0.2) is 60.2 Å². The summed E-state index contributed by atoms with van der Waals surface area (Å²) in [7, 11) is 1.77. The molecular weight excluding hydrogens is 306 g/mol. The van der Waals surface area contributed by atoms with Crippen molar-refractivity contribution < 1.29 is 14.4 Å². The third-order valence-corrected chi connectivity index (χ3v) is 5.17. The molecule has 0 aromatic heterocycles. The maximum atomic E-state index is 12.6. The average molecular weight is 337 g/mol. The minimum Gasteiger partial charge on any atom is -0.351 e. The summed E-state index contributed by atoms with van der Waals surface area (Å²) in [5.41, 5.74) is 0. The summed E-state index contributed by atoms with van der Waals surface area (Å²) in [6.07, 6.45) is 4.62. The highest BCUT2D eigenvalue weighted by atomic mass is 16.2. The molecule has 2 aliphatic rings. The third kappa shape index (κ3) is 4.95. The lowest BCUT2D eigenvalue weighted by molar-refractivity contribution is -0.140. The highest BCUT2D eigenvalue weighted by Gasteiger charge is 2.33. The number of nitrogens with one attached hydrogen (secondary N) is 1. The van der Waals surface area contributed by atoms with Gasteiger partial charge in [-0.1, -0.05) is 6.42 Å². The molecular formula is C18H31N3O3. The molecule has 6 nitrogen and oxygen atoms in total. The molecule has 2 atom stereocenters. The first-order valence-electron chi connectivity index (χ1n) is 9.29. The number of rotatable bonds is 5. The fraction of sp³-hybridized carbons (Fsp3) is 0.833. The zero-order valence-electron chi connectivity index (χ0n) is 15.2. The molecule has 1 aliphatic heterocycles. The number of amides is 3. The lowest BCUT2D eigenvalue weighted by Crippen LogP contribution is -2.45. The van der Waals surface area contributed by atoms with Crippen molar-refractivity contribution in [3.8, 4) is 0 Å². The van der Waals surface area contributed by atoms with E-state index in [9.17, 15) is 14.4 Å². The van der Waals surface area contributed by atoms with Crippen LogP contribution >= 0.6 is 0 Å². The highest BCUT2D eigenvalue weighted by molar-refractivity contribution is 5.86. The maximum Gasteiger partial charge on any atom is 0.226 e. The van der Waals surface area contributed by atoms with E-state index in [0.717, 1.165) is 25.7 Å². The Bertz CT molecular complexity index is 472. The largest absolute Gasteiger partial charge is 0.351 e. The van der Waals surface area contributed by atoms with Gasteiger partial charge < -0.3 is 15.1 Å². The van der Waals surface area contributed by atoms with E-state index in [1.807, 2.05) is 18.7 Å². The first-order chi connectivity index (χ1) is 11.5. The van der Waals surface area contributed by atoms with Gasteiger partial charge in [0.25, 0.3) is 0 Å². The van der Waals surface area contributed by atoms with Crippen molar-refractivity contribution in [3.63, 3.8) is 0 Å². The summed E-state index contributed by atoms with van der Waals surface area (Å²) in [5.74, 6) is 0.138. The monoisotopic (exact) mass is 337 g/mol. The van der Waals surface area contributed by atoms with Crippen molar-refractivity contribution in [1.82, 2.24) is 15.1 Å². The van der Waals surface area contributed by atoms with Gasteiger partial charge in [-0.15, -0.1) is 0 Å². The summed E-state index contributed by atoms with van der Waals surface area (Å²) >= 11 is 0. The number of carbonyl (C=O) groups excluding carboxylic acids is 3. The van der Waals surface area contributed by atoms with Crippen molar-refractivity contribution in [2.24, 2.45) is 11.8 Å². The van der Waals surface area contributed by atoms with Gasteiger partial charge in [0.05, 0.1) is 0 Å². The van der Waals surface area contributed by atoms with Crippen molar-refractivity contribution >= 4 is 17.7 Å². The van der Waals surface area contributed by atoms with Gasteiger partial charge in [-0.3, -0.25) is 14.4 Å². The van der Waals surface area contributed by atoms with E-state index in [4.69, 9.17) is 0 Å². The van der Waals surface area contributed by atoms with E-state index in [1.54, 1.807) is 11.9 Å². The molecule has 1 aliphatic carbocycles. The van der Waals surface area contributed by atoms with E-state index < -0.39 is 0 Å². The number of nitrogens with zero attached hydrogens (tertiary/aromatic N) is 2. The second-order valence-electron chi connectivity index (χ2n) is 7.10. The van der Waals surface area contributed by atoms with Gasteiger partial charge in [0.15, 0.2) is 0 Å². The Morgan fingerprint density at radius 3 is 2.38 bits per heavy atom. The fourth-order valence-corrected chi connectivity index (χ4v) is 3.39. The minimum absolute atomic E-state index is 0.00523. The first kappa shape index (κ1) is 18.7. The van der Waals surface area contributed by atoms with Gasteiger partial charge >= 0.3 is 0 Å². The predicted octanol–water partition coefficient (Wildman–Crippen LogP) is 1.40. The molecule has 24 heavy (non-hydrogen) atoms. The quantitative estimate of drug-likeness (QED) is 0.824. The Labute approximate surface area is 144 Å². The molecule has 0 spiro atoms. The third-order valence-electron chi connectivity index (χ3n) is 5.17. The standard InChI is InChI=1S/C18H31N3O3/c1-4-21(5-2)18(24)14-7-6-8-15(12-20(3)16(22)11-14)19-17(23)13-9-10-13/h13-15H,4-12H2,1-3H3,(H,19,23)/t14-,15-/m1/s1. The maximum absolute atomic E-state index is 12.6. The number of hydrogen-bond acceptors (Lipinski definition) is 3. The Hall–Kier alpha value is -1.59. The average Bonchev–Trinajstić information content (AvgIpc) is 3.38. The molecule has 0 aromatic rings. The van der Waals surface area contributed by atoms with Crippen LogP contribution in [0.15, 0.2) is 0 Å². The highest BCUT2D eigenvalue weighted by Crippen LogP contribution is 2.29. The summed E-state index contributed by atoms with van der Waals surface area (Å²) in [6.45, 7) is 5.82. The van der Waals surface area contributed by atoms with Crippen LogP contribution in [0.1, 0.15) is 52.4 Å². The number of likely N-dealkylation sites (N-methyl/N-ethyl adjacent to an activating group) is 1. The van der Waals surface area contributed by atoms with Crippen molar-refractivity contribution in [3.05, 3.63) is 0 Å². The second-order valence-corrected chi connectivity index (χ2v) is 7.10. The molecule has 0 radical (unpaired) electrons. The molecule has 3 amide bonds. The molecule has 1 saturated carbocycles. The molecule has 0 unspecified atom stereocenters. The molecule has 0 aromatic carbocycles. The molecule has 0 bridgehead atoms. The van der Waals surface area contributed by atoms with Crippen LogP contribution in [-0.2, 0) is 14.4 Å². The Morgan fingerprint density at radius 2 is 1.79 bits per heavy atom. The van der Waals surface area contributed by atoms with Crippen LogP contribution < -0.4 is 5.32 Å². The first-order valence-corrected chi connectivity index (χ1v) is 9.29.